The van der Waals surface area contributed by atoms with Gasteiger partial charge < -0.3 is 5.32 Å². The van der Waals surface area contributed by atoms with Crippen molar-refractivity contribution in [3.63, 3.8) is 0 Å². The van der Waals surface area contributed by atoms with Crippen molar-refractivity contribution in [1.82, 2.24) is 9.88 Å². The average molecular weight is 287 g/mol. The van der Waals surface area contributed by atoms with Gasteiger partial charge in [0, 0.05) is 29.9 Å². The van der Waals surface area contributed by atoms with E-state index in [4.69, 9.17) is 0 Å². The highest BCUT2D eigenvalue weighted by atomic mass is 32.1. The van der Waals surface area contributed by atoms with E-state index in [1.165, 1.54) is 11.9 Å². The number of carbonyl (C=O) groups is 2. The maximum Gasteiger partial charge on any atom is 0.251 e. The van der Waals surface area contributed by atoms with E-state index >= 15 is 0 Å². The van der Waals surface area contributed by atoms with Gasteiger partial charge in [-0.25, -0.2) is 4.98 Å². The minimum absolute atomic E-state index is 0.146. The molecule has 1 fully saturated rings. The second-order valence-corrected chi connectivity index (χ2v) is 5.50. The van der Waals surface area contributed by atoms with Crippen LogP contribution in [-0.4, -0.2) is 34.8 Å². The van der Waals surface area contributed by atoms with Gasteiger partial charge in [-0.1, -0.05) is 0 Å². The first-order valence-corrected chi connectivity index (χ1v) is 7.10. The van der Waals surface area contributed by atoms with Crippen LogP contribution in [0.4, 0.5) is 5.69 Å². The summed E-state index contributed by atoms with van der Waals surface area (Å²) in [5.74, 6) is -0.328. The van der Waals surface area contributed by atoms with Gasteiger partial charge >= 0.3 is 0 Å². The fourth-order valence-electron chi connectivity index (χ4n) is 2.14. The summed E-state index contributed by atoms with van der Waals surface area (Å²) >= 11 is 1.58. The van der Waals surface area contributed by atoms with E-state index < -0.39 is 6.04 Å². The lowest BCUT2D eigenvalue weighted by Crippen LogP contribution is -2.31. The number of nitrogens with one attached hydrogen (secondary N) is 1. The lowest BCUT2D eigenvalue weighted by molar-refractivity contribution is -0.136. The standard InChI is InChI=1S/C14H13N3O2S/c1-17-12(18)8-11(14(17)19)16-10-4-2-9(3-5-10)13-15-6-7-20-13/h2-7,11,16H,8H2,1H3. The lowest BCUT2D eigenvalue weighted by Gasteiger charge is -2.12. The second-order valence-electron chi connectivity index (χ2n) is 4.61. The summed E-state index contributed by atoms with van der Waals surface area (Å²) in [6.07, 6.45) is 1.98. The molecule has 1 aliphatic heterocycles. The van der Waals surface area contributed by atoms with Gasteiger partial charge in [-0.05, 0) is 24.3 Å². The van der Waals surface area contributed by atoms with Crippen molar-refractivity contribution in [2.24, 2.45) is 0 Å². The van der Waals surface area contributed by atoms with Crippen LogP contribution in [0.1, 0.15) is 6.42 Å². The average Bonchev–Trinajstić information content (AvgIpc) is 3.06. The highest BCUT2D eigenvalue weighted by molar-refractivity contribution is 7.13. The molecule has 0 saturated carbocycles. The zero-order valence-electron chi connectivity index (χ0n) is 10.9. The number of nitrogens with zero attached hydrogens (tertiary/aromatic N) is 2. The fourth-order valence-corrected chi connectivity index (χ4v) is 2.79. The van der Waals surface area contributed by atoms with E-state index in [0.717, 1.165) is 16.3 Å². The highest BCUT2D eigenvalue weighted by Gasteiger charge is 2.35. The van der Waals surface area contributed by atoms with Crippen LogP contribution in [0.15, 0.2) is 35.8 Å². The van der Waals surface area contributed by atoms with Crippen LogP contribution in [0.5, 0.6) is 0 Å². The number of amides is 2. The zero-order valence-corrected chi connectivity index (χ0v) is 11.7. The lowest BCUT2D eigenvalue weighted by atomic mass is 10.2. The Balaban J connectivity index is 1.73. The molecule has 1 atom stereocenters. The van der Waals surface area contributed by atoms with E-state index in [1.807, 2.05) is 29.6 Å². The third-order valence-corrected chi connectivity index (χ3v) is 4.11. The monoisotopic (exact) mass is 287 g/mol. The topological polar surface area (TPSA) is 62.3 Å². The molecule has 20 heavy (non-hydrogen) atoms. The van der Waals surface area contributed by atoms with Crippen LogP contribution in [0.2, 0.25) is 0 Å². The van der Waals surface area contributed by atoms with Crippen molar-refractivity contribution in [2.45, 2.75) is 12.5 Å². The smallest absolute Gasteiger partial charge is 0.251 e. The van der Waals surface area contributed by atoms with Crippen molar-refractivity contribution >= 4 is 28.8 Å². The molecule has 0 radical (unpaired) electrons. The highest BCUT2D eigenvalue weighted by Crippen LogP contribution is 2.24. The van der Waals surface area contributed by atoms with E-state index in [2.05, 4.69) is 10.3 Å². The molecule has 1 saturated heterocycles. The number of thiazole rings is 1. The minimum atomic E-state index is -0.460. The summed E-state index contributed by atoms with van der Waals surface area (Å²) in [7, 11) is 1.51. The number of hydrogen-bond donors (Lipinski definition) is 1. The van der Waals surface area contributed by atoms with Crippen molar-refractivity contribution in [1.29, 1.82) is 0 Å². The van der Waals surface area contributed by atoms with E-state index in [0.29, 0.717) is 0 Å². The van der Waals surface area contributed by atoms with Crippen LogP contribution in [0, 0.1) is 0 Å². The van der Waals surface area contributed by atoms with Crippen LogP contribution >= 0.6 is 11.3 Å². The number of carbonyl (C=O) groups excluding carboxylic acids is 2. The van der Waals surface area contributed by atoms with Crippen molar-refractivity contribution in [3.05, 3.63) is 35.8 Å². The van der Waals surface area contributed by atoms with Crippen LogP contribution in [0.3, 0.4) is 0 Å². The summed E-state index contributed by atoms with van der Waals surface area (Å²) in [5.41, 5.74) is 1.86. The fraction of sp³-hybridized carbons (Fsp3) is 0.214. The molecule has 2 amide bonds. The largest absolute Gasteiger partial charge is 0.373 e. The SMILES string of the molecule is CN1C(=O)CC(Nc2ccc(-c3nccs3)cc2)C1=O. The van der Waals surface area contributed by atoms with Crippen LogP contribution in [-0.2, 0) is 9.59 Å². The molecule has 0 aliphatic carbocycles. The molecule has 2 heterocycles. The molecule has 102 valence electrons. The van der Waals surface area contributed by atoms with E-state index in [1.54, 1.807) is 17.5 Å². The second kappa shape index (κ2) is 5.05. The van der Waals surface area contributed by atoms with Gasteiger partial charge in [0.15, 0.2) is 0 Å². The normalized spacial score (nSPS) is 18.6. The van der Waals surface area contributed by atoms with Crippen molar-refractivity contribution < 1.29 is 9.59 Å². The molecular weight excluding hydrogens is 274 g/mol. The first-order chi connectivity index (χ1) is 9.65. The summed E-state index contributed by atoms with van der Waals surface area (Å²) in [4.78, 5) is 28.7. The van der Waals surface area contributed by atoms with Crippen LogP contribution < -0.4 is 5.32 Å². The molecule has 1 unspecified atom stereocenters. The van der Waals surface area contributed by atoms with Crippen LogP contribution in [0.25, 0.3) is 10.6 Å². The van der Waals surface area contributed by atoms with Gasteiger partial charge in [0.1, 0.15) is 11.0 Å². The number of hydrogen-bond acceptors (Lipinski definition) is 5. The van der Waals surface area contributed by atoms with Crippen molar-refractivity contribution in [2.75, 3.05) is 12.4 Å². The molecule has 3 rings (SSSR count). The molecule has 1 aromatic heterocycles. The summed E-state index contributed by atoms with van der Waals surface area (Å²) in [6, 6.07) is 7.23. The third kappa shape index (κ3) is 2.30. The van der Waals surface area contributed by atoms with Crippen molar-refractivity contribution in [3.8, 4) is 10.6 Å². The summed E-state index contributed by atoms with van der Waals surface area (Å²) in [6.45, 7) is 0. The van der Waals surface area contributed by atoms with E-state index in [9.17, 15) is 9.59 Å². The Kier molecular flexibility index (Phi) is 3.23. The number of likely N-dealkylation sites (N-methyl/N-ethyl adjacent to an activating group) is 1. The number of imide groups is 1. The third-order valence-electron chi connectivity index (χ3n) is 3.29. The Morgan fingerprint density at radius 2 is 2.05 bits per heavy atom. The van der Waals surface area contributed by atoms with Gasteiger partial charge in [-0.3, -0.25) is 14.5 Å². The van der Waals surface area contributed by atoms with Gasteiger partial charge in [0.05, 0.1) is 6.42 Å². The number of likely N-dealkylation sites (tertiary alicyclic amines) is 1. The van der Waals surface area contributed by atoms with Gasteiger partial charge in [-0.15, -0.1) is 11.3 Å². The zero-order chi connectivity index (χ0) is 14.1. The molecule has 5 nitrogen and oxygen atoms in total. The van der Waals surface area contributed by atoms with Gasteiger partial charge in [-0.2, -0.15) is 0 Å². The Labute approximate surface area is 120 Å². The minimum Gasteiger partial charge on any atom is -0.373 e. The molecule has 1 N–H and O–H groups in total. The molecule has 0 bridgehead atoms. The molecule has 6 heteroatoms. The number of aromatic nitrogens is 1. The van der Waals surface area contributed by atoms with Gasteiger partial charge in [0.2, 0.25) is 5.91 Å². The Morgan fingerprint density at radius 3 is 2.60 bits per heavy atom. The maximum atomic E-state index is 11.8. The Morgan fingerprint density at radius 1 is 1.30 bits per heavy atom. The molecule has 1 aliphatic rings. The first-order valence-electron chi connectivity index (χ1n) is 6.22. The van der Waals surface area contributed by atoms with Gasteiger partial charge in [0.25, 0.3) is 5.91 Å². The maximum absolute atomic E-state index is 11.8. The summed E-state index contributed by atoms with van der Waals surface area (Å²) < 4.78 is 0. The quantitative estimate of drug-likeness (QED) is 0.877. The predicted octanol–water partition coefficient (Wildman–Crippen LogP) is 1.98. The summed E-state index contributed by atoms with van der Waals surface area (Å²) in [5, 5.41) is 5.99. The first kappa shape index (κ1) is 12.8. The predicted molar refractivity (Wildman–Crippen MR) is 77.4 cm³/mol. The number of rotatable bonds is 3. The molecule has 0 spiro atoms. The molecular formula is C14H13N3O2S. The Hall–Kier alpha value is -2.21. The number of benzene rings is 1. The van der Waals surface area contributed by atoms with E-state index in [-0.39, 0.29) is 18.2 Å². The molecule has 2 aromatic rings. The molecule has 1 aromatic carbocycles. The number of anilines is 1. The Bertz CT molecular complexity index is 637.